The van der Waals surface area contributed by atoms with Gasteiger partial charge < -0.3 is 14.4 Å². The molecular formula is C16H20N2O4S. The molecule has 2 aromatic heterocycles. The molecule has 0 spiro atoms. The van der Waals surface area contributed by atoms with E-state index >= 15 is 0 Å². The molecule has 0 unspecified atom stereocenters. The Kier molecular flexibility index (Phi) is 4.89. The third-order valence-corrected chi connectivity index (χ3v) is 5.28. The number of thiazole rings is 1. The Morgan fingerprint density at radius 3 is 2.35 bits per heavy atom. The van der Waals surface area contributed by atoms with Gasteiger partial charge in [-0.2, -0.15) is 0 Å². The van der Waals surface area contributed by atoms with Gasteiger partial charge in [0.05, 0.1) is 16.7 Å². The summed E-state index contributed by atoms with van der Waals surface area (Å²) in [7, 11) is 1.67. The minimum atomic E-state index is -1.19. The van der Waals surface area contributed by atoms with Crippen molar-refractivity contribution in [3.63, 3.8) is 0 Å². The molecular weight excluding hydrogens is 316 g/mol. The number of carbonyl (C=O) groups is 2. The van der Waals surface area contributed by atoms with Crippen molar-refractivity contribution in [2.75, 3.05) is 7.05 Å². The molecule has 1 amide bonds. The second-order valence-electron chi connectivity index (χ2n) is 5.72. The quantitative estimate of drug-likeness (QED) is 0.900. The summed E-state index contributed by atoms with van der Waals surface area (Å²) in [6.45, 7) is 8.02. The first-order valence-electron chi connectivity index (χ1n) is 7.29. The molecule has 23 heavy (non-hydrogen) atoms. The molecule has 0 fully saturated rings. The fourth-order valence-electron chi connectivity index (χ4n) is 2.16. The van der Waals surface area contributed by atoms with E-state index in [1.54, 1.807) is 18.4 Å². The van der Waals surface area contributed by atoms with Crippen LogP contribution < -0.4 is 0 Å². The summed E-state index contributed by atoms with van der Waals surface area (Å²) in [6.07, 6.45) is 0. The van der Waals surface area contributed by atoms with Gasteiger partial charge in [0, 0.05) is 17.8 Å². The van der Waals surface area contributed by atoms with E-state index in [4.69, 9.17) is 9.52 Å². The number of aromatic nitrogens is 1. The lowest BCUT2D eigenvalue weighted by Crippen LogP contribution is -2.29. The number of rotatable bonds is 5. The third-order valence-electron chi connectivity index (χ3n) is 3.65. The number of aryl methyl sites for hydroxylation is 1. The van der Waals surface area contributed by atoms with Crippen LogP contribution in [0.3, 0.4) is 0 Å². The molecule has 0 bridgehead atoms. The topological polar surface area (TPSA) is 83.6 Å². The molecule has 0 radical (unpaired) electrons. The molecule has 0 aromatic carbocycles. The standard InChI is InChI=1S/C16H20N2O4S/c1-8(2)14-17-9(3)13(23-14)10(4)18(5)15(19)11-6-7-12(22-11)16(20)21/h6-8,10H,1-5H3,(H,20,21)/t10-/m0/s1. The van der Waals surface area contributed by atoms with E-state index in [1.807, 2.05) is 13.8 Å². The van der Waals surface area contributed by atoms with Gasteiger partial charge in [-0.3, -0.25) is 4.79 Å². The number of furan rings is 1. The second kappa shape index (κ2) is 6.54. The monoisotopic (exact) mass is 336 g/mol. The zero-order valence-corrected chi connectivity index (χ0v) is 14.6. The molecule has 2 aromatic rings. The van der Waals surface area contributed by atoms with Gasteiger partial charge in [-0.1, -0.05) is 13.8 Å². The Hall–Kier alpha value is -2.15. The van der Waals surface area contributed by atoms with Crippen molar-refractivity contribution >= 4 is 23.2 Å². The van der Waals surface area contributed by atoms with E-state index in [1.165, 1.54) is 17.0 Å². The molecule has 7 heteroatoms. The zero-order valence-electron chi connectivity index (χ0n) is 13.8. The van der Waals surface area contributed by atoms with Crippen LogP contribution in [0.4, 0.5) is 0 Å². The van der Waals surface area contributed by atoms with Gasteiger partial charge in [-0.25, -0.2) is 9.78 Å². The van der Waals surface area contributed by atoms with Crippen LogP contribution in [0.25, 0.3) is 0 Å². The predicted molar refractivity (Wildman–Crippen MR) is 87.1 cm³/mol. The van der Waals surface area contributed by atoms with Crippen LogP contribution in [0.2, 0.25) is 0 Å². The van der Waals surface area contributed by atoms with Crippen molar-refractivity contribution in [1.29, 1.82) is 0 Å². The van der Waals surface area contributed by atoms with Crippen molar-refractivity contribution in [2.45, 2.75) is 39.7 Å². The van der Waals surface area contributed by atoms with Gasteiger partial charge in [0.1, 0.15) is 0 Å². The molecule has 2 heterocycles. The average Bonchev–Trinajstić information content (AvgIpc) is 3.11. The van der Waals surface area contributed by atoms with E-state index in [0.717, 1.165) is 15.6 Å². The maximum absolute atomic E-state index is 12.5. The number of carboxylic acids is 1. The lowest BCUT2D eigenvalue weighted by atomic mass is 10.2. The number of aromatic carboxylic acids is 1. The smallest absolute Gasteiger partial charge is 0.371 e. The van der Waals surface area contributed by atoms with E-state index in [0.29, 0.717) is 5.92 Å². The van der Waals surface area contributed by atoms with Crippen molar-refractivity contribution in [3.05, 3.63) is 39.2 Å². The summed E-state index contributed by atoms with van der Waals surface area (Å²) >= 11 is 1.60. The lowest BCUT2D eigenvalue weighted by Gasteiger charge is -2.23. The van der Waals surface area contributed by atoms with Crippen LogP contribution in [0.5, 0.6) is 0 Å². The van der Waals surface area contributed by atoms with Crippen LogP contribution in [0.1, 0.15) is 69.4 Å². The Bertz CT molecular complexity index is 732. The maximum atomic E-state index is 12.5. The van der Waals surface area contributed by atoms with Gasteiger partial charge in [0.2, 0.25) is 5.76 Å². The molecule has 1 N–H and O–H groups in total. The normalized spacial score (nSPS) is 12.4. The van der Waals surface area contributed by atoms with Crippen LogP contribution in [0, 0.1) is 6.92 Å². The third kappa shape index (κ3) is 3.44. The van der Waals surface area contributed by atoms with E-state index in [-0.39, 0.29) is 23.5 Å². The van der Waals surface area contributed by atoms with E-state index in [2.05, 4.69) is 18.8 Å². The number of amides is 1. The predicted octanol–water partition coefficient (Wildman–Crippen LogP) is 3.70. The molecule has 0 aliphatic carbocycles. The Morgan fingerprint density at radius 1 is 1.26 bits per heavy atom. The van der Waals surface area contributed by atoms with Crippen molar-refractivity contribution < 1.29 is 19.1 Å². The molecule has 0 aliphatic rings. The Balaban J connectivity index is 2.22. The summed E-state index contributed by atoms with van der Waals surface area (Å²) in [4.78, 5) is 30.4. The molecule has 0 saturated heterocycles. The van der Waals surface area contributed by atoms with Gasteiger partial charge in [-0.05, 0) is 26.0 Å². The fourth-order valence-corrected chi connectivity index (χ4v) is 3.32. The number of carbonyl (C=O) groups excluding carboxylic acids is 1. The number of nitrogens with zero attached hydrogens (tertiary/aromatic N) is 2. The number of hydrogen-bond donors (Lipinski definition) is 1. The van der Waals surface area contributed by atoms with Crippen LogP contribution in [0.15, 0.2) is 16.5 Å². The first-order chi connectivity index (χ1) is 10.7. The molecule has 124 valence electrons. The van der Waals surface area contributed by atoms with Gasteiger partial charge in [0.25, 0.3) is 5.91 Å². The van der Waals surface area contributed by atoms with Gasteiger partial charge in [0.15, 0.2) is 5.76 Å². The SMILES string of the molecule is Cc1nc(C(C)C)sc1[C@H](C)N(C)C(=O)c1ccc(C(=O)O)o1. The summed E-state index contributed by atoms with van der Waals surface area (Å²) < 4.78 is 5.08. The van der Waals surface area contributed by atoms with Gasteiger partial charge >= 0.3 is 5.97 Å². The summed E-state index contributed by atoms with van der Waals surface area (Å²) in [6, 6.07) is 2.49. The highest BCUT2D eigenvalue weighted by Crippen LogP contribution is 2.32. The number of hydrogen-bond acceptors (Lipinski definition) is 5. The average molecular weight is 336 g/mol. The molecule has 2 rings (SSSR count). The van der Waals surface area contributed by atoms with Crippen LogP contribution >= 0.6 is 11.3 Å². The number of carboxylic acid groups (broad SMARTS) is 1. The maximum Gasteiger partial charge on any atom is 0.371 e. The first kappa shape index (κ1) is 17.2. The summed E-state index contributed by atoms with van der Waals surface area (Å²) in [5.41, 5.74) is 0.913. The van der Waals surface area contributed by atoms with Gasteiger partial charge in [-0.15, -0.1) is 11.3 Å². The highest BCUT2D eigenvalue weighted by molar-refractivity contribution is 7.11. The zero-order chi connectivity index (χ0) is 17.3. The molecule has 6 nitrogen and oxygen atoms in total. The highest BCUT2D eigenvalue weighted by Gasteiger charge is 2.26. The van der Waals surface area contributed by atoms with Crippen molar-refractivity contribution in [3.8, 4) is 0 Å². The summed E-state index contributed by atoms with van der Waals surface area (Å²) in [5.74, 6) is -1.44. The minimum absolute atomic E-state index is 0.0167. The Morgan fingerprint density at radius 2 is 1.87 bits per heavy atom. The molecule has 1 atom stereocenters. The lowest BCUT2D eigenvalue weighted by molar-refractivity contribution is 0.0647. The largest absolute Gasteiger partial charge is 0.475 e. The Labute approximate surface area is 138 Å². The van der Waals surface area contributed by atoms with Crippen molar-refractivity contribution in [2.24, 2.45) is 0 Å². The fraction of sp³-hybridized carbons (Fsp3) is 0.438. The highest BCUT2D eigenvalue weighted by atomic mass is 32.1. The minimum Gasteiger partial charge on any atom is -0.475 e. The molecule has 0 aliphatic heterocycles. The molecule has 0 saturated carbocycles. The van der Waals surface area contributed by atoms with E-state index in [9.17, 15) is 9.59 Å². The first-order valence-corrected chi connectivity index (χ1v) is 8.11. The van der Waals surface area contributed by atoms with E-state index < -0.39 is 5.97 Å². The second-order valence-corrected chi connectivity index (χ2v) is 6.78. The van der Waals surface area contributed by atoms with Crippen molar-refractivity contribution in [1.82, 2.24) is 9.88 Å². The summed E-state index contributed by atoms with van der Waals surface area (Å²) in [5, 5.41) is 9.91. The van der Waals surface area contributed by atoms with Crippen LogP contribution in [-0.2, 0) is 0 Å². The van der Waals surface area contributed by atoms with Crippen LogP contribution in [-0.4, -0.2) is 33.9 Å².